The Kier molecular flexibility index (Phi) is 5.36. The minimum absolute atomic E-state index is 0.298. The Morgan fingerprint density at radius 1 is 1.32 bits per heavy atom. The number of imidazole rings is 1. The van der Waals surface area contributed by atoms with Crippen molar-refractivity contribution < 1.29 is 18.0 Å². The van der Waals surface area contributed by atoms with Gasteiger partial charge in [0.15, 0.2) is 0 Å². The maximum Gasteiger partial charge on any atom is 0.405 e. The lowest BCUT2D eigenvalue weighted by molar-refractivity contribution is -0.122. The van der Waals surface area contributed by atoms with Crippen LogP contribution in [0.5, 0.6) is 0 Å². The van der Waals surface area contributed by atoms with Gasteiger partial charge >= 0.3 is 12.2 Å². The van der Waals surface area contributed by atoms with Crippen molar-refractivity contribution in [2.24, 2.45) is 5.73 Å². The molecule has 1 atom stereocenters. The van der Waals surface area contributed by atoms with Gasteiger partial charge in [-0.3, -0.25) is 4.40 Å². The molecular weight excluding hydrogens is 371 g/mol. The van der Waals surface area contributed by atoms with Gasteiger partial charge < -0.3 is 16.4 Å². The second-order valence-corrected chi connectivity index (χ2v) is 6.10. The number of pyridine rings is 1. The van der Waals surface area contributed by atoms with Crippen LogP contribution in [0, 0.1) is 0 Å². The molecule has 6 nitrogen and oxygen atoms in total. The maximum atomic E-state index is 12.2. The van der Waals surface area contributed by atoms with E-state index in [2.05, 4.69) is 16.9 Å². The molecule has 2 amide bonds. The van der Waals surface area contributed by atoms with Crippen molar-refractivity contribution >= 4 is 17.4 Å². The Hall–Kier alpha value is -3.33. The van der Waals surface area contributed by atoms with Crippen molar-refractivity contribution in [3.8, 4) is 11.3 Å². The summed E-state index contributed by atoms with van der Waals surface area (Å²) in [7, 11) is 0. The number of carbonyl (C=O) groups excluding carboxylic acids is 1. The highest BCUT2D eigenvalue weighted by Gasteiger charge is 2.27. The van der Waals surface area contributed by atoms with E-state index in [1.165, 1.54) is 0 Å². The van der Waals surface area contributed by atoms with Crippen LogP contribution in [-0.4, -0.2) is 28.1 Å². The van der Waals surface area contributed by atoms with Crippen LogP contribution < -0.4 is 16.4 Å². The summed E-state index contributed by atoms with van der Waals surface area (Å²) in [5, 5.41) is 4.15. The molecule has 9 heteroatoms. The molecule has 2 heterocycles. The van der Waals surface area contributed by atoms with Gasteiger partial charge in [-0.25, -0.2) is 9.78 Å². The van der Waals surface area contributed by atoms with Gasteiger partial charge in [-0.1, -0.05) is 18.2 Å². The maximum absolute atomic E-state index is 12.2. The van der Waals surface area contributed by atoms with Crippen molar-refractivity contribution in [1.82, 2.24) is 14.7 Å². The molecule has 0 spiro atoms. The highest BCUT2D eigenvalue weighted by molar-refractivity contribution is 5.90. The summed E-state index contributed by atoms with van der Waals surface area (Å²) in [6, 6.07) is 9.21. The summed E-state index contributed by atoms with van der Waals surface area (Å²) < 4.78 is 38.4. The number of nitrogens with zero attached hydrogens (tertiary/aromatic N) is 2. The van der Waals surface area contributed by atoms with E-state index in [-0.39, 0.29) is 6.04 Å². The van der Waals surface area contributed by atoms with Crippen molar-refractivity contribution in [2.75, 3.05) is 11.9 Å². The van der Waals surface area contributed by atoms with Gasteiger partial charge in [0.2, 0.25) is 0 Å². The Labute approximate surface area is 158 Å². The third-order valence-electron chi connectivity index (χ3n) is 4.04. The molecule has 0 saturated heterocycles. The van der Waals surface area contributed by atoms with E-state index in [4.69, 9.17) is 5.73 Å². The first-order valence-corrected chi connectivity index (χ1v) is 8.34. The molecule has 0 saturated carbocycles. The van der Waals surface area contributed by atoms with Gasteiger partial charge in [-0.2, -0.15) is 13.2 Å². The molecule has 1 aromatic carbocycles. The van der Waals surface area contributed by atoms with Crippen LogP contribution in [0.2, 0.25) is 0 Å². The minimum atomic E-state index is -4.47. The second-order valence-electron chi connectivity index (χ2n) is 6.10. The quantitative estimate of drug-likeness (QED) is 0.579. The summed E-state index contributed by atoms with van der Waals surface area (Å²) >= 11 is 0. The number of hydrogen-bond donors (Lipinski definition) is 3. The van der Waals surface area contributed by atoms with E-state index in [9.17, 15) is 18.0 Å². The number of nitrogens with two attached hydrogens (primary N) is 1. The molecule has 3 aromatic rings. The lowest BCUT2D eigenvalue weighted by Gasteiger charge is -2.11. The van der Waals surface area contributed by atoms with Crippen LogP contribution >= 0.6 is 0 Å². The van der Waals surface area contributed by atoms with Crippen LogP contribution in [-0.2, 0) is 0 Å². The number of aromatic nitrogens is 2. The summed E-state index contributed by atoms with van der Waals surface area (Å²) in [6.45, 7) is 2.27. The molecule has 1 unspecified atom stereocenters. The third-order valence-corrected chi connectivity index (χ3v) is 4.04. The number of hydrogen-bond acceptors (Lipinski definition) is 3. The fourth-order valence-electron chi connectivity index (χ4n) is 2.67. The number of carbonyl (C=O) groups is 1. The molecule has 0 radical (unpaired) electrons. The van der Waals surface area contributed by atoms with Crippen LogP contribution in [0.15, 0.2) is 61.4 Å². The first kappa shape index (κ1) is 19.4. The predicted molar refractivity (Wildman–Crippen MR) is 101 cm³/mol. The van der Waals surface area contributed by atoms with E-state index in [0.29, 0.717) is 11.3 Å². The van der Waals surface area contributed by atoms with E-state index in [0.717, 1.165) is 16.8 Å². The van der Waals surface area contributed by atoms with Crippen molar-refractivity contribution in [3.05, 3.63) is 67.0 Å². The van der Waals surface area contributed by atoms with Gasteiger partial charge in [-0.15, -0.1) is 6.58 Å². The predicted octanol–water partition coefficient (Wildman–Crippen LogP) is 3.87. The molecule has 146 valence electrons. The van der Waals surface area contributed by atoms with Gasteiger partial charge in [-0.05, 0) is 29.8 Å². The Morgan fingerprint density at radius 2 is 2.11 bits per heavy atom. The van der Waals surface area contributed by atoms with Gasteiger partial charge in [0, 0.05) is 23.5 Å². The fourth-order valence-corrected chi connectivity index (χ4v) is 2.67. The topological polar surface area (TPSA) is 84.5 Å². The SMILES string of the molecule is C=CC(N)c1ccn2c(-c3cccc(NC(=O)NCC(F)(F)F)c3)cnc2c1. The highest BCUT2D eigenvalue weighted by atomic mass is 19.4. The monoisotopic (exact) mass is 389 g/mol. The standard InChI is InChI=1S/C19H18F3N5O/c1-2-15(23)12-6-7-27-16(10-24-17(27)9-12)13-4-3-5-14(8-13)26-18(28)25-11-19(20,21)22/h2-10,15H,1,11,23H2,(H2,25,26,28). The largest absolute Gasteiger partial charge is 0.405 e. The van der Waals surface area contributed by atoms with Crippen LogP contribution in [0.3, 0.4) is 0 Å². The highest BCUT2D eigenvalue weighted by Crippen LogP contribution is 2.25. The summed E-state index contributed by atoms with van der Waals surface area (Å²) in [4.78, 5) is 16.0. The zero-order chi connectivity index (χ0) is 20.3. The molecule has 28 heavy (non-hydrogen) atoms. The zero-order valence-electron chi connectivity index (χ0n) is 14.7. The van der Waals surface area contributed by atoms with Crippen LogP contribution in [0.4, 0.5) is 23.7 Å². The first-order valence-electron chi connectivity index (χ1n) is 8.34. The van der Waals surface area contributed by atoms with Crippen LogP contribution in [0.25, 0.3) is 16.9 Å². The lowest BCUT2D eigenvalue weighted by atomic mass is 10.1. The Balaban J connectivity index is 1.82. The molecule has 0 bridgehead atoms. The number of nitrogens with one attached hydrogen (secondary N) is 2. The molecule has 0 aliphatic heterocycles. The number of anilines is 1. The minimum Gasteiger partial charge on any atom is -0.329 e. The number of benzene rings is 1. The number of alkyl halides is 3. The molecule has 2 aromatic heterocycles. The molecule has 0 aliphatic carbocycles. The molecule has 0 aliphatic rings. The van der Waals surface area contributed by atoms with Gasteiger partial charge in [0.1, 0.15) is 12.2 Å². The van der Waals surface area contributed by atoms with Crippen molar-refractivity contribution in [1.29, 1.82) is 0 Å². The lowest BCUT2D eigenvalue weighted by Crippen LogP contribution is -2.36. The summed E-state index contributed by atoms with van der Waals surface area (Å²) in [6.07, 6.45) is 0.658. The average molecular weight is 389 g/mol. The number of urea groups is 1. The molecule has 4 N–H and O–H groups in total. The van der Waals surface area contributed by atoms with Gasteiger partial charge in [0.05, 0.1) is 11.9 Å². The van der Waals surface area contributed by atoms with Crippen LogP contribution in [0.1, 0.15) is 11.6 Å². The van der Waals surface area contributed by atoms with Crippen molar-refractivity contribution in [3.63, 3.8) is 0 Å². The van der Waals surface area contributed by atoms with Crippen molar-refractivity contribution in [2.45, 2.75) is 12.2 Å². The van der Waals surface area contributed by atoms with E-state index in [1.807, 2.05) is 28.8 Å². The normalized spacial score (nSPS) is 12.6. The van der Waals surface area contributed by atoms with E-state index >= 15 is 0 Å². The smallest absolute Gasteiger partial charge is 0.329 e. The van der Waals surface area contributed by atoms with E-state index in [1.54, 1.807) is 35.8 Å². The molecular formula is C19H18F3N5O. The third kappa shape index (κ3) is 4.49. The number of halogens is 3. The van der Waals surface area contributed by atoms with E-state index < -0.39 is 18.8 Å². The fraction of sp³-hybridized carbons (Fsp3) is 0.158. The average Bonchev–Trinajstić information content (AvgIpc) is 3.08. The second kappa shape index (κ2) is 7.73. The summed E-state index contributed by atoms with van der Waals surface area (Å²) in [5.74, 6) is 0. The Morgan fingerprint density at radius 3 is 2.82 bits per heavy atom. The first-order chi connectivity index (χ1) is 13.3. The van der Waals surface area contributed by atoms with Gasteiger partial charge in [0.25, 0.3) is 0 Å². The number of amides is 2. The molecule has 3 rings (SSSR count). The Bertz CT molecular complexity index is 1010. The summed E-state index contributed by atoms with van der Waals surface area (Å²) in [5.41, 5.74) is 9.36. The number of rotatable bonds is 5. The number of fused-ring (bicyclic) bond motifs is 1. The zero-order valence-corrected chi connectivity index (χ0v) is 14.7. The molecule has 0 fully saturated rings.